The van der Waals surface area contributed by atoms with Crippen LogP contribution in [0.3, 0.4) is 0 Å². The first-order chi connectivity index (χ1) is 18.1. The van der Waals surface area contributed by atoms with Crippen molar-refractivity contribution in [3.63, 3.8) is 0 Å². The molecule has 9 nitrogen and oxygen atoms in total. The third kappa shape index (κ3) is 4.14. The maximum absolute atomic E-state index is 13.5. The molecule has 2 aliphatic heterocycles. The molecule has 3 aromatic carbocycles. The number of methoxy groups -OCH3 is 1. The van der Waals surface area contributed by atoms with E-state index >= 15 is 0 Å². The molecule has 0 fully saturated rings. The molecule has 9 heteroatoms. The fraction of sp³-hybridized carbons (Fsp3) is 0.179. The standard InChI is InChI=1S/C28H24N4O5/c1-17-24(27-30-26(31-37-27)19-9-6-10-21(15-19)34-2)25(18-7-4-3-5-8-18)29-28(33)32(17)20-11-12-22-23(16-20)36-14-13-35-22/h3-12,15-16,25H,13-14H2,1-2H3,(H,29,33). The van der Waals surface area contributed by atoms with Gasteiger partial charge in [-0.3, -0.25) is 4.90 Å². The molecule has 6 rings (SSSR count). The van der Waals surface area contributed by atoms with Crippen LogP contribution in [0.5, 0.6) is 17.2 Å². The number of carbonyl (C=O) groups excluding carboxylic acids is 1. The Morgan fingerprint density at radius 2 is 1.78 bits per heavy atom. The molecule has 4 aromatic rings. The summed E-state index contributed by atoms with van der Waals surface area (Å²) in [5.74, 6) is 2.66. The van der Waals surface area contributed by atoms with Gasteiger partial charge >= 0.3 is 6.03 Å². The topological polar surface area (TPSA) is 99.0 Å². The summed E-state index contributed by atoms with van der Waals surface area (Å²) in [7, 11) is 1.61. The molecule has 2 amide bonds. The van der Waals surface area contributed by atoms with Crippen LogP contribution in [-0.4, -0.2) is 36.5 Å². The molecule has 0 spiro atoms. The summed E-state index contributed by atoms with van der Waals surface area (Å²) >= 11 is 0. The lowest BCUT2D eigenvalue weighted by Gasteiger charge is -2.35. The zero-order chi connectivity index (χ0) is 25.4. The van der Waals surface area contributed by atoms with E-state index in [-0.39, 0.29) is 6.03 Å². The molecule has 1 unspecified atom stereocenters. The van der Waals surface area contributed by atoms with Crippen molar-refractivity contribution >= 4 is 17.3 Å². The van der Waals surface area contributed by atoms with Crippen molar-refractivity contribution in [3.05, 3.63) is 89.9 Å². The summed E-state index contributed by atoms with van der Waals surface area (Å²) in [6.07, 6.45) is 0. The lowest BCUT2D eigenvalue weighted by molar-refractivity contribution is 0.171. The fourth-order valence-electron chi connectivity index (χ4n) is 4.61. The van der Waals surface area contributed by atoms with Crippen molar-refractivity contribution in [1.82, 2.24) is 15.5 Å². The number of nitrogens with one attached hydrogen (secondary N) is 1. The zero-order valence-electron chi connectivity index (χ0n) is 20.3. The largest absolute Gasteiger partial charge is 0.497 e. The number of carbonyl (C=O) groups is 1. The molecule has 1 atom stereocenters. The average Bonchev–Trinajstić information content (AvgIpc) is 3.43. The molecular weight excluding hydrogens is 472 g/mol. The molecule has 1 N–H and O–H groups in total. The van der Waals surface area contributed by atoms with Crippen LogP contribution in [0.2, 0.25) is 0 Å². The summed E-state index contributed by atoms with van der Waals surface area (Å²) < 4.78 is 22.5. The first kappa shape index (κ1) is 22.7. The maximum Gasteiger partial charge on any atom is 0.327 e. The molecule has 0 bridgehead atoms. The molecule has 186 valence electrons. The molecule has 0 saturated heterocycles. The van der Waals surface area contributed by atoms with E-state index in [2.05, 4.69) is 10.5 Å². The molecule has 0 saturated carbocycles. The number of ether oxygens (including phenoxy) is 3. The van der Waals surface area contributed by atoms with E-state index in [1.165, 1.54) is 0 Å². The molecule has 3 heterocycles. The highest BCUT2D eigenvalue weighted by Crippen LogP contribution is 2.41. The van der Waals surface area contributed by atoms with E-state index in [1.807, 2.05) is 67.6 Å². The predicted octanol–water partition coefficient (Wildman–Crippen LogP) is 5.22. The van der Waals surface area contributed by atoms with Gasteiger partial charge in [0.2, 0.25) is 5.82 Å². The normalized spacial score (nSPS) is 17.0. The second-order valence-electron chi connectivity index (χ2n) is 8.61. The Hall–Kier alpha value is -4.79. The van der Waals surface area contributed by atoms with Gasteiger partial charge < -0.3 is 24.1 Å². The first-order valence-corrected chi connectivity index (χ1v) is 11.9. The van der Waals surface area contributed by atoms with E-state index in [1.54, 1.807) is 24.1 Å². The number of benzene rings is 3. The van der Waals surface area contributed by atoms with Crippen LogP contribution in [0.25, 0.3) is 17.0 Å². The van der Waals surface area contributed by atoms with Crippen LogP contribution in [0, 0.1) is 0 Å². The zero-order valence-corrected chi connectivity index (χ0v) is 20.3. The number of rotatable bonds is 5. The van der Waals surface area contributed by atoms with E-state index in [4.69, 9.17) is 23.7 Å². The highest BCUT2D eigenvalue weighted by Gasteiger charge is 2.37. The van der Waals surface area contributed by atoms with Crippen LogP contribution in [-0.2, 0) is 0 Å². The Kier molecular flexibility index (Phi) is 5.72. The third-order valence-corrected chi connectivity index (χ3v) is 6.39. The first-order valence-electron chi connectivity index (χ1n) is 11.9. The lowest BCUT2D eigenvalue weighted by atomic mass is 9.94. The van der Waals surface area contributed by atoms with Gasteiger partial charge in [0.05, 0.1) is 24.4 Å². The number of urea groups is 1. The summed E-state index contributed by atoms with van der Waals surface area (Å²) in [6.45, 7) is 2.81. The van der Waals surface area contributed by atoms with Gasteiger partial charge in [0, 0.05) is 17.3 Å². The average molecular weight is 497 g/mol. The minimum atomic E-state index is -0.485. The highest BCUT2D eigenvalue weighted by atomic mass is 16.6. The second kappa shape index (κ2) is 9.34. The molecule has 0 radical (unpaired) electrons. The number of hydrogen-bond acceptors (Lipinski definition) is 7. The number of allylic oxidation sites excluding steroid dienone is 1. The van der Waals surface area contributed by atoms with Gasteiger partial charge in [-0.15, -0.1) is 0 Å². The van der Waals surface area contributed by atoms with Crippen LogP contribution in [0.15, 0.2) is 83.0 Å². The molecular formula is C28H24N4O5. The second-order valence-corrected chi connectivity index (χ2v) is 8.61. The van der Waals surface area contributed by atoms with Gasteiger partial charge in [-0.05, 0) is 36.8 Å². The van der Waals surface area contributed by atoms with Crippen molar-refractivity contribution in [3.8, 4) is 28.6 Å². The van der Waals surface area contributed by atoms with Gasteiger partial charge in [0.15, 0.2) is 11.5 Å². The number of aromatic nitrogens is 2. The van der Waals surface area contributed by atoms with E-state index in [0.29, 0.717) is 59.1 Å². The lowest BCUT2D eigenvalue weighted by Crippen LogP contribution is -2.46. The number of fused-ring (bicyclic) bond motifs is 1. The van der Waals surface area contributed by atoms with Gasteiger partial charge in [-0.2, -0.15) is 4.98 Å². The summed E-state index contributed by atoms with van der Waals surface area (Å²) in [6, 6.07) is 21.8. The number of hydrogen-bond donors (Lipinski definition) is 1. The van der Waals surface area contributed by atoms with Gasteiger partial charge in [0.1, 0.15) is 19.0 Å². The van der Waals surface area contributed by atoms with Crippen molar-refractivity contribution in [2.75, 3.05) is 25.2 Å². The van der Waals surface area contributed by atoms with Crippen molar-refractivity contribution in [2.24, 2.45) is 0 Å². The van der Waals surface area contributed by atoms with Crippen molar-refractivity contribution in [2.45, 2.75) is 13.0 Å². The van der Waals surface area contributed by atoms with Gasteiger partial charge in [-0.25, -0.2) is 4.79 Å². The number of amides is 2. The van der Waals surface area contributed by atoms with Crippen LogP contribution in [0.1, 0.15) is 24.4 Å². The van der Waals surface area contributed by atoms with Gasteiger partial charge in [-0.1, -0.05) is 47.6 Å². The fourth-order valence-corrected chi connectivity index (χ4v) is 4.61. The maximum atomic E-state index is 13.5. The molecule has 0 aliphatic carbocycles. The SMILES string of the molecule is COc1cccc(-c2noc(C3=C(C)N(c4ccc5c(c4)OCCO5)C(=O)NC3c3ccccc3)n2)c1. The molecule has 2 aliphatic rings. The third-order valence-electron chi connectivity index (χ3n) is 6.39. The smallest absolute Gasteiger partial charge is 0.327 e. The van der Waals surface area contributed by atoms with Crippen molar-refractivity contribution < 1.29 is 23.5 Å². The van der Waals surface area contributed by atoms with E-state index in [9.17, 15) is 4.79 Å². The quantitative estimate of drug-likeness (QED) is 0.404. The minimum absolute atomic E-state index is 0.278. The minimum Gasteiger partial charge on any atom is -0.497 e. The summed E-state index contributed by atoms with van der Waals surface area (Å²) in [4.78, 5) is 19.8. The Bertz CT molecular complexity index is 1500. The Morgan fingerprint density at radius 1 is 0.973 bits per heavy atom. The van der Waals surface area contributed by atoms with Gasteiger partial charge in [0.25, 0.3) is 5.89 Å². The Morgan fingerprint density at radius 3 is 2.59 bits per heavy atom. The summed E-state index contributed by atoms with van der Waals surface area (Å²) in [5.41, 5.74) is 3.65. The highest BCUT2D eigenvalue weighted by molar-refractivity contribution is 6.01. The van der Waals surface area contributed by atoms with Crippen LogP contribution >= 0.6 is 0 Å². The predicted molar refractivity (Wildman–Crippen MR) is 137 cm³/mol. The Labute approximate surface area is 213 Å². The molecule has 37 heavy (non-hydrogen) atoms. The van der Waals surface area contributed by atoms with Crippen LogP contribution < -0.4 is 24.4 Å². The van der Waals surface area contributed by atoms with Crippen molar-refractivity contribution in [1.29, 1.82) is 0 Å². The summed E-state index contributed by atoms with van der Waals surface area (Å²) in [5, 5.41) is 7.35. The van der Waals surface area contributed by atoms with Crippen LogP contribution in [0.4, 0.5) is 10.5 Å². The monoisotopic (exact) mass is 496 g/mol. The number of nitrogens with zero attached hydrogens (tertiary/aromatic N) is 3. The Balaban J connectivity index is 1.47. The van der Waals surface area contributed by atoms with E-state index in [0.717, 1.165) is 11.1 Å². The molecule has 1 aromatic heterocycles. The van der Waals surface area contributed by atoms with E-state index < -0.39 is 6.04 Å². The number of anilines is 1.